The highest BCUT2D eigenvalue weighted by atomic mass is 15.2. The molecule has 0 radical (unpaired) electrons. The molecule has 1 aliphatic carbocycles. The molecule has 2 unspecified atom stereocenters. The maximum atomic E-state index is 3.43. The number of hydrogen-bond donors (Lipinski definition) is 1. The Bertz CT molecular complexity index is 219. The maximum absolute atomic E-state index is 3.43. The Kier molecular flexibility index (Phi) is 3.91. The third-order valence-corrected chi connectivity index (χ3v) is 5.19. The van der Waals surface area contributed by atoms with Crippen LogP contribution in [0.2, 0.25) is 0 Å². The van der Waals surface area contributed by atoms with Crippen LogP contribution in [-0.4, -0.2) is 37.1 Å². The average Bonchev–Trinajstić information content (AvgIpc) is 2.79. The average molecular weight is 224 g/mol. The maximum Gasteiger partial charge on any atom is 0.0111 e. The highest BCUT2D eigenvalue weighted by molar-refractivity contribution is 4.90. The molecule has 1 N–H and O–H groups in total. The van der Waals surface area contributed by atoms with Crippen molar-refractivity contribution in [2.75, 3.05) is 20.1 Å². The zero-order chi connectivity index (χ0) is 11.6. The molecule has 94 valence electrons. The highest BCUT2D eigenvalue weighted by Gasteiger charge is 2.34. The lowest BCUT2D eigenvalue weighted by molar-refractivity contribution is 0.0818. The molecule has 1 aliphatic heterocycles. The second-order valence-electron chi connectivity index (χ2n) is 6.15. The Hall–Kier alpha value is -0.0800. The number of nitrogens with zero attached hydrogens (tertiary/aromatic N) is 1. The summed E-state index contributed by atoms with van der Waals surface area (Å²) in [5.41, 5.74) is 0.636. The van der Waals surface area contributed by atoms with Crippen molar-refractivity contribution in [3.05, 3.63) is 0 Å². The van der Waals surface area contributed by atoms with E-state index in [0.717, 1.165) is 12.1 Å². The normalized spacial score (nSPS) is 35.4. The molecule has 2 atom stereocenters. The van der Waals surface area contributed by atoms with E-state index in [4.69, 9.17) is 0 Å². The van der Waals surface area contributed by atoms with Gasteiger partial charge in [-0.15, -0.1) is 0 Å². The molecule has 2 fully saturated rings. The van der Waals surface area contributed by atoms with Crippen LogP contribution in [0.1, 0.15) is 52.4 Å². The SMILES string of the molecule is CCC1(C)CCN(C2CCC(NC)C2)CC1. The third kappa shape index (κ3) is 2.60. The van der Waals surface area contributed by atoms with E-state index in [1.807, 2.05) is 0 Å². The first kappa shape index (κ1) is 12.4. The number of rotatable bonds is 3. The van der Waals surface area contributed by atoms with Crippen molar-refractivity contribution in [1.82, 2.24) is 10.2 Å². The Labute approximate surface area is 101 Å². The summed E-state index contributed by atoms with van der Waals surface area (Å²) in [5.74, 6) is 0. The van der Waals surface area contributed by atoms with E-state index < -0.39 is 0 Å². The zero-order valence-corrected chi connectivity index (χ0v) is 11.3. The van der Waals surface area contributed by atoms with Gasteiger partial charge in [-0.1, -0.05) is 20.3 Å². The minimum Gasteiger partial charge on any atom is -0.317 e. The molecule has 0 bridgehead atoms. The van der Waals surface area contributed by atoms with Gasteiger partial charge in [0, 0.05) is 12.1 Å². The fourth-order valence-corrected chi connectivity index (χ4v) is 3.33. The number of hydrogen-bond acceptors (Lipinski definition) is 2. The van der Waals surface area contributed by atoms with Crippen LogP contribution in [0.15, 0.2) is 0 Å². The van der Waals surface area contributed by atoms with Gasteiger partial charge in [-0.3, -0.25) is 0 Å². The second kappa shape index (κ2) is 5.05. The first-order chi connectivity index (χ1) is 7.67. The van der Waals surface area contributed by atoms with E-state index in [0.29, 0.717) is 5.41 Å². The van der Waals surface area contributed by atoms with Gasteiger partial charge >= 0.3 is 0 Å². The van der Waals surface area contributed by atoms with E-state index >= 15 is 0 Å². The van der Waals surface area contributed by atoms with Gasteiger partial charge < -0.3 is 10.2 Å². The van der Waals surface area contributed by atoms with E-state index in [1.165, 1.54) is 51.6 Å². The largest absolute Gasteiger partial charge is 0.317 e. The van der Waals surface area contributed by atoms with Crippen molar-refractivity contribution in [2.45, 2.75) is 64.5 Å². The first-order valence-corrected chi connectivity index (χ1v) is 7.08. The molecule has 2 nitrogen and oxygen atoms in total. The molecule has 2 heteroatoms. The van der Waals surface area contributed by atoms with Gasteiger partial charge in [-0.2, -0.15) is 0 Å². The number of nitrogens with one attached hydrogen (secondary N) is 1. The van der Waals surface area contributed by atoms with Gasteiger partial charge in [0.2, 0.25) is 0 Å². The molecule has 1 saturated heterocycles. The third-order valence-electron chi connectivity index (χ3n) is 5.19. The van der Waals surface area contributed by atoms with Crippen molar-refractivity contribution >= 4 is 0 Å². The standard InChI is InChI=1S/C14H28N2/c1-4-14(2)7-9-16(10-8-14)13-6-5-12(11-13)15-3/h12-13,15H,4-11H2,1-3H3. The van der Waals surface area contributed by atoms with Crippen LogP contribution in [0, 0.1) is 5.41 Å². The molecule has 0 aromatic rings. The van der Waals surface area contributed by atoms with Crippen molar-refractivity contribution in [2.24, 2.45) is 5.41 Å². The van der Waals surface area contributed by atoms with Crippen molar-refractivity contribution < 1.29 is 0 Å². The topological polar surface area (TPSA) is 15.3 Å². The van der Waals surface area contributed by atoms with Gasteiger partial charge in [0.05, 0.1) is 0 Å². The fraction of sp³-hybridized carbons (Fsp3) is 1.00. The quantitative estimate of drug-likeness (QED) is 0.793. The van der Waals surface area contributed by atoms with E-state index in [9.17, 15) is 0 Å². The van der Waals surface area contributed by atoms with Crippen LogP contribution in [0.3, 0.4) is 0 Å². The van der Waals surface area contributed by atoms with Gasteiger partial charge in [-0.05, 0) is 57.7 Å². The van der Waals surface area contributed by atoms with E-state index in [-0.39, 0.29) is 0 Å². The Morgan fingerprint density at radius 2 is 1.94 bits per heavy atom. The molecule has 2 rings (SSSR count). The molecule has 16 heavy (non-hydrogen) atoms. The summed E-state index contributed by atoms with van der Waals surface area (Å²) in [5, 5.41) is 3.43. The molecule has 1 heterocycles. The Morgan fingerprint density at radius 1 is 1.25 bits per heavy atom. The second-order valence-corrected chi connectivity index (χ2v) is 6.15. The summed E-state index contributed by atoms with van der Waals surface area (Å²) >= 11 is 0. The predicted molar refractivity (Wildman–Crippen MR) is 69.7 cm³/mol. The number of likely N-dealkylation sites (tertiary alicyclic amines) is 1. The lowest BCUT2D eigenvalue weighted by Crippen LogP contribution is -2.43. The van der Waals surface area contributed by atoms with Crippen molar-refractivity contribution in [3.8, 4) is 0 Å². The van der Waals surface area contributed by atoms with Crippen LogP contribution < -0.4 is 5.32 Å². The van der Waals surface area contributed by atoms with Crippen molar-refractivity contribution in [3.63, 3.8) is 0 Å². The summed E-state index contributed by atoms with van der Waals surface area (Å²) in [4.78, 5) is 2.76. The van der Waals surface area contributed by atoms with E-state index in [1.54, 1.807) is 0 Å². The smallest absolute Gasteiger partial charge is 0.0111 e. The summed E-state index contributed by atoms with van der Waals surface area (Å²) in [6.45, 7) is 7.49. The van der Waals surface area contributed by atoms with E-state index in [2.05, 4.69) is 31.1 Å². The molecule has 2 aliphatic rings. The summed E-state index contributed by atoms with van der Waals surface area (Å²) in [6, 6.07) is 1.66. The Morgan fingerprint density at radius 3 is 2.44 bits per heavy atom. The van der Waals surface area contributed by atoms with Gasteiger partial charge in [0.1, 0.15) is 0 Å². The summed E-state index contributed by atoms with van der Waals surface area (Å²) in [6.07, 6.45) is 8.33. The minimum atomic E-state index is 0.636. The van der Waals surface area contributed by atoms with Crippen LogP contribution in [0.4, 0.5) is 0 Å². The predicted octanol–water partition coefficient (Wildman–Crippen LogP) is 2.64. The van der Waals surface area contributed by atoms with Crippen LogP contribution in [0.25, 0.3) is 0 Å². The van der Waals surface area contributed by atoms with Crippen LogP contribution in [0.5, 0.6) is 0 Å². The molecule has 0 aromatic carbocycles. The fourth-order valence-electron chi connectivity index (χ4n) is 3.33. The number of piperidine rings is 1. The molecule has 0 aromatic heterocycles. The molecule has 0 spiro atoms. The van der Waals surface area contributed by atoms with Gasteiger partial charge in [0.15, 0.2) is 0 Å². The molecular weight excluding hydrogens is 196 g/mol. The van der Waals surface area contributed by atoms with Crippen molar-refractivity contribution in [1.29, 1.82) is 0 Å². The summed E-state index contributed by atoms with van der Waals surface area (Å²) in [7, 11) is 2.11. The molecular formula is C14H28N2. The highest BCUT2D eigenvalue weighted by Crippen LogP contribution is 2.36. The Balaban J connectivity index is 1.81. The van der Waals surface area contributed by atoms with Crippen LogP contribution >= 0.6 is 0 Å². The lowest BCUT2D eigenvalue weighted by atomic mass is 9.78. The monoisotopic (exact) mass is 224 g/mol. The lowest BCUT2D eigenvalue weighted by Gasteiger charge is -2.41. The molecule has 1 saturated carbocycles. The minimum absolute atomic E-state index is 0.636. The first-order valence-electron chi connectivity index (χ1n) is 7.08. The zero-order valence-electron chi connectivity index (χ0n) is 11.3. The van der Waals surface area contributed by atoms with Gasteiger partial charge in [-0.25, -0.2) is 0 Å². The van der Waals surface area contributed by atoms with Crippen LogP contribution in [-0.2, 0) is 0 Å². The summed E-state index contributed by atoms with van der Waals surface area (Å²) < 4.78 is 0. The molecule has 0 amide bonds. The van der Waals surface area contributed by atoms with Gasteiger partial charge in [0.25, 0.3) is 0 Å².